The van der Waals surface area contributed by atoms with Gasteiger partial charge in [0.15, 0.2) is 0 Å². The molecule has 2 bridgehead atoms. The maximum absolute atomic E-state index is 13.4. The van der Waals surface area contributed by atoms with Crippen molar-refractivity contribution in [3.8, 4) is 0 Å². The Kier molecular flexibility index (Phi) is 7.86. The first-order chi connectivity index (χ1) is 20.8. The van der Waals surface area contributed by atoms with Crippen LogP contribution in [-0.4, -0.2) is 42.6 Å². The molecule has 3 heterocycles. The van der Waals surface area contributed by atoms with Crippen LogP contribution < -0.4 is 21.1 Å². The minimum absolute atomic E-state index is 0.0196. The third kappa shape index (κ3) is 5.70. The van der Waals surface area contributed by atoms with Crippen molar-refractivity contribution in [1.29, 1.82) is 0 Å². The number of piperidine rings is 1. The average Bonchev–Trinajstić information content (AvgIpc) is 3.01. The van der Waals surface area contributed by atoms with Crippen molar-refractivity contribution in [2.24, 2.45) is 5.92 Å². The van der Waals surface area contributed by atoms with Gasteiger partial charge in [0.2, 0.25) is 0 Å². The lowest BCUT2D eigenvalue weighted by molar-refractivity contribution is 0.0601. The number of anilines is 3. The minimum Gasteiger partial charge on any atom is -0.465 e. The predicted molar refractivity (Wildman–Crippen MR) is 168 cm³/mol. The quantitative estimate of drug-likeness (QED) is 0.268. The predicted octanol–water partition coefficient (Wildman–Crippen LogP) is 5.53. The number of aromatic nitrogens is 1. The Balaban J connectivity index is 1.34. The number of carbonyl (C=O) groups is 3. The molecule has 0 saturated carbocycles. The smallest absolute Gasteiger partial charge is 0.339 e. The molecule has 218 valence electrons. The van der Waals surface area contributed by atoms with E-state index in [1.807, 2.05) is 28.8 Å². The van der Waals surface area contributed by atoms with E-state index in [0.717, 1.165) is 17.8 Å². The van der Waals surface area contributed by atoms with Crippen molar-refractivity contribution < 1.29 is 19.1 Å². The molecule has 2 atom stereocenters. The normalized spacial score (nSPS) is 17.0. The zero-order valence-electron chi connectivity index (χ0n) is 23.4. The number of esters is 1. The number of nitrogens with zero attached hydrogens (tertiary/aromatic N) is 2. The Labute approximate surface area is 256 Å². The highest BCUT2D eigenvalue weighted by atomic mass is 79.9. The Morgan fingerprint density at radius 2 is 1.56 bits per heavy atom. The molecule has 3 aromatic carbocycles. The van der Waals surface area contributed by atoms with E-state index < -0.39 is 11.9 Å². The van der Waals surface area contributed by atoms with Gasteiger partial charge in [0.1, 0.15) is 0 Å². The summed E-state index contributed by atoms with van der Waals surface area (Å²) in [5, 5.41) is 5.84. The monoisotopic (exact) mass is 640 g/mol. The number of benzene rings is 3. The molecule has 10 heteroatoms. The van der Waals surface area contributed by atoms with Gasteiger partial charge >= 0.3 is 5.97 Å². The molecule has 0 radical (unpaired) electrons. The molecule has 2 N–H and O–H groups in total. The van der Waals surface area contributed by atoms with Crippen LogP contribution >= 0.6 is 15.9 Å². The van der Waals surface area contributed by atoms with Crippen LogP contribution in [-0.2, 0) is 11.3 Å². The number of para-hydroxylation sites is 1. The number of rotatable bonds is 6. The van der Waals surface area contributed by atoms with Crippen LogP contribution in [0.3, 0.4) is 0 Å². The highest BCUT2D eigenvalue weighted by Gasteiger charge is 2.35. The number of fused-ring (bicyclic) bond motifs is 4. The zero-order chi connectivity index (χ0) is 30.1. The van der Waals surface area contributed by atoms with Gasteiger partial charge in [0.05, 0.1) is 35.3 Å². The molecule has 1 saturated heterocycles. The summed E-state index contributed by atoms with van der Waals surface area (Å²) < 4.78 is 7.39. The molecule has 2 aliphatic heterocycles. The Morgan fingerprint density at radius 1 is 0.814 bits per heavy atom. The van der Waals surface area contributed by atoms with Crippen LogP contribution in [0.4, 0.5) is 17.1 Å². The van der Waals surface area contributed by atoms with Gasteiger partial charge in [0, 0.05) is 47.3 Å². The number of halogens is 1. The molecule has 1 fully saturated rings. The van der Waals surface area contributed by atoms with E-state index in [1.165, 1.54) is 7.11 Å². The highest BCUT2D eigenvalue weighted by Crippen LogP contribution is 2.39. The molecule has 1 aromatic heterocycles. The van der Waals surface area contributed by atoms with Gasteiger partial charge in [-0.25, -0.2) is 4.79 Å². The van der Waals surface area contributed by atoms with Gasteiger partial charge < -0.3 is 24.8 Å². The standard InChI is InChI=1S/C33H29BrN4O5/c1-43-33(42)24-8-3-5-10-26(24)35-31(40)21-13-14-29(27(16-21)36-32(41)23-7-2-4-9-25(23)34)37-17-20-15-22(19-37)28-11-6-12-30(39)38(28)18-20/h2-14,16,20,22H,15,17-19H2,1H3,(H,35,40)(H,36,41)/t20-,22+/m1/s1. The van der Waals surface area contributed by atoms with Crippen LogP contribution in [0.15, 0.2) is 94.2 Å². The van der Waals surface area contributed by atoms with Crippen molar-refractivity contribution in [3.63, 3.8) is 0 Å². The fourth-order valence-electron chi connectivity index (χ4n) is 6.06. The number of nitrogens with one attached hydrogen (secondary N) is 2. The largest absolute Gasteiger partial charge is 0.465 e. The first-order valence-electron chi connectivity index (χ1n) is 14.0. The minimum atomic E-state index is -0.563. The molecule has 0 aliphatic carbocycles. The summed E-state index contributed by atoms with van der Waals surface area (Å²) in [5.41, 5.74) is 3.63. The molecule has 2 aliphatic rings. The van der Waals surface area contributed by atoms with Crippen molar-refractivity contribution in [3.05, 3.63) is 122 Å². The fourth-order valence-corrected chi connectivity index (χ4v) is 6.52. The third-order valence-electron chi connectivity index (χ3n) is 8.03. The van der Waals surface area contributed by atoms with Crippen molar-refractivity contribution in [2.45, 2.75) is 18.9 Å². The molecule has 43 heavy (non-hydrogen) atoms. The van der Waals surface area contributed by atoms with E-state index in [9.17, 15) is 19.2 Å². The van der Waals surface area contributed by atoms with Crippen molar-refractivity contribution >= 4 is 50.8 Å². The Bertz CT molecular complexity index is 1800. The average molecular weight is 642 g/mol. The number of ether oxygens (including phenoxy) is 1. The van der Waals surface area contributed by atoms with E-state index in [4.69, 9.17) is 4.74 Å². The van der Waals surface area contributed by atoms with E-state index in [-0.39, 0.29) is 28.9 Å². The topological polar surface area (TPSA) is 110 Å². The maximum atomic E-state index is 13.4. The van der Waals surface area contributed by atoms with Gasteiger partial charge in [-0.2, -0.15) is 0 Å². The molecular weight excluding hydrogens is 612 g/mol. The number of pyridine rings is 1. The summed E-state index contributed by atoms with van der Waals surface area (Å²) in [4.78, 5) is 53.9. The number of hydrogen-bond acceptors (Lipinski definition) is 6. The SMILES string of the molecule is COC(=O)c1ccccc1NC(=O)c1ccc(N2C[C@H]3C[C@@H](C2)c2cccc(=O)n2C3)c(NC(=O)c2ccccc2Br)c1. The zero-order valence-corrected chi connectivity index (χ0v) is 25.0. The van der Waals surface area contributed by atoms with Crippen molar-refractivity contribution in [1.82, 2.24) is 4.57 Å². The molecule has 0 unspecified atom stereocenters. The van der Waals surface area contributed by atoms with Crippen LogP contribution in [0, 0.1) is 5.92 Å². The summed E-state index contributed by atoms with van der Waals surface area (Å²) in [6.45, 7) is 2.00. The van der Waals surface area contributed by atoms with Crippen LogP contribution in [0.5, 0.6) is 0 Å². The van der Waals surface area contributed by atoms with Gasteiger partial charge in [-0.1, -0.05) is 30.3 Å². The molecule has 9 nitrogen and oxygen atoms in total. The molecular formula is C33H29BrN4O5. The second kappa shape index (κ2) is 11.9. The van der Waals surface area contributed by atoms with Crippen LogP contribution in [0.2, 0.25) is 0 Å². The number of methoxy groups -OCH3 is 1. The molecule has 6 rings (SSSR count). The first-order valence-corrected chi connectivity index (χ1v) is 14.7. The number of carbonyl (C=O) groups excluding carboxylic acids is 3. The van der Waals surface area contributed by atoms with Gasteiger partial charge in [-0.05, 0) is 76.8 Å². The molecule has 0 spiro atoms. The molecule has 2 amide bonds. The maximum Gasteiger partial charge on any atom is 0.339 e. The lowest BCUT2D eigenvalue weighted by Crippen LogP contribution is -2.47. The lowest BCUT2D eigenvalue weighted by atomic mass is 9.83. The number of hydrogen-bond donors (Lipinski definition) is 2. The van der Waals surface area contributed by atoms with Crippen LogP contribution in [0.25, 0.3) is 0 Å². The van der Waals surface area contributed by atoms with E-state index in [2.05, 4.69) is 31.5 Å². The first kappa shape index (κ1) is 28.4. The lowest BCUT2D eigenvalue weighted by Gasteiger charge is -2.44. The van der Waals surface area contributed by atoms with E-state index in [1.54, 1.807) is 60.7 Å². The second-order valence-electron chi connectivity index (χ2n) is 10.8. The van der Waals surface area contributed by atoms with Crippen molar-refractivity contribution in [2.75, 3.05) is 35.7 Å². The summed E-state index contributed by atoms with van der Waals surface area (Å²) >= 11 is 3.46. The summed E-state index contributed by atoms with van der Waals surface area (Å²) in [6.07, 6.45) is 0.985. The van der Waals surface area contributed by atoms with Gasteiger partial charge in [-0.3, -0.25) is 14.4 Å². The van der Waals surface area contributed by atoms with Gasteiger partial charge in [0.25, 0.3) is 17.4 Å². The summed E-state index contributed by atoms with van der Waals surface area (Å²) in [7, 11) is 1.28. The Hall–Kier alpha value is -4.70. The number of amides is 2. The Morgan fingerprint density at radius 3 is 2.35 bits per heavy atom. The van der Waals surface area contributed by atoms with Gasteiger partial charge in [-0.15, -0.1) is 0 Å². The highest BCUT2D eigenvalue weighted by molar-refractivity contribution is 9.10. The summed E-state index contributed by atoms with van der Waals surface area (Å²) in [6, 6.07) is 24.4. The van der Waals surface area contributed by atoms with E-state index >= 15 is 0 Å². The fraction of sp³-hybridized carbons (Fsp3) is 0.212. The third-order valence-corrected chi connectivity index (χ3v) is 8.72. The molecule has 4 aromatic rings. The van der Waals surface area contributed by atoms with Crippen LogP contribution in [0.1, 0.15) is 49.1 Å². The summed E-state index contributed by atoms with van der Waals surface area (Å²) in [5.74, 6) is -0.909. The van der Waals surface area contributed by atoms with E-state index in [0.29, 0.717) is 46.6 Å². The second-order valence-corrected chi connectivity index (χ2v) is 11.6.